The lowest BCUT2D eigenvalue weighted by atomic mass is 10.1. The highest BCUT2D eigenvalue weighted by atomic mass is 32.1. The molecule has 1 unspecified atom stereocenters. The van der Waals surface area contributed by atoms with Crippen LogP contribution in [0.15, 0.2) is 35.7 Å². The van der Waals surface area contributed by atoms with Crippen LogP contribution in [0.2, 0.25) is 0 Å². The van der Waals surface area contributed by atoms with E-state index in [0.717, 1.165) is 18.4 Å². The summed E-state index contributed by atoms with van der Waals surface area (Å²) in [6.07, 6.45) is 1.97. The van der Waals surface area contributed by atoms with Gasteiger partial charge in [0, 0.05) is 10.9 Å². The van der Waals surface area contributed by atoms with Gasteiger partial charge in [-0.25, -0.2) is 0 Å². The van der Waals surface area contributed by atoms with E-state index in [1.807, 2.05) is 24.4 Å². The highest BCUT2D eigenvalue weighted by Crippen LogP contribution is 2.34. The predicted molar refractivity (Wildman–Crippen MR) is 83.4 cm³/mol. The lowest BCUT2D eigenvalue weighted by Gasteiger charge is -2.19. The SMILES string of the molecule is CCCC(Nc1c(C)cccc1[N+](=O)[O-])c1cccs1. The predicted octanol–water partition coefficient (Wildman–Crippen LogP) is 4.92. The Balaban J connectivity index is 2.34. The summed E-state index contributed by atoms with van der Waals surface area (Å²) in [5.41, 5.74) is 1.67. The van der Waals surface area contributed by atoms with Crippen LogP contribution in [0.4, 0.5) is 11.4 Å². The van der Waals surface area contributed by atoms with Gasteiger partial charge in [0.25, 0.3) is 5.69 Å². The first-order valence-corrected chi connectivity index (χ1v) is 7.55. The minimum Gasteiger partial charge on any atom is -0.372 e. The minimum atomic E-state index is -0.327. The molecule has 1 aromatic carbocycles. The van der Waals surface area contributed by atoms with E-state index in [4.69, 9.17) is 0 Å². The van der Waals surface area contributed by atoms with E-state index in [1.165, 1.54) is 4.88 Å². The second-order valence-corrected chi connectivity index (χ2v) is 5.71. The Morgan fingerprint density at radius 1 is 1.35 bits per heavy atom. The van der Waals surface area contributed by atoms with Crippen molar-refractivity contribution >= 4 is 22.7 Å². The van der Waals surface area contributed by atoms with Crippen molar-refractivity contribution in [3.05, 3.63) is 56.3 Å². The molecule has 0 bridgehead atoms. The standard InChI is InChI=1S/C15H18N2O2S/c1-3-6-12(14-9-5-10-20-14)16-15-11(2)7-4-8-13(15)17(18)19/h4-5,7-10,12,16H,3,6H2,1-2H3. The summed E-state index contributed by atoms with van der Waals surface area (Å²) in [5.74, 6) is 0. The number of hydrogen-bond donors (Lipinski definition) is 1. The van der Waals surface area contributed by atoms with Crippen molar-refractivity contribution in [1.82, 2.24) is 0 Å². The number of anilines is 1. The molecule has 0 aliphatic heterocycles. The fraction of sp³-hybridized carbons (Fsp3) is 0.333. The first kappa shape index (κ1) is 14.5. The van der Waals surface area contributed by atoms with Gasteiger partial charge in [-0.15, -0.1) is 11.3 Å². The lowest BCUT2D eigenvalue weighted by Crippen LogP contribution is -2.11. The molecule has 2 rings (SSSR count). The maximum absolute atomic E-state index is 11.2. The van der Waals surface area contributed by atoms with Crippen molar-refractivity contribution < 1.29 is 4.92 Å². The zero-order chi connectivity index (χ0) is 14.5. The van der Waals surface area contributed by atoms with Crippen LogP contribution >= 0.6 is 11.3 Å². The highest BCUT2D eigenvalue weighted by Gasteiger charge is 2.20. The molecule has 0 fully saturated rings. The van der Waals surface area contributed by atoms with Crippen molar-refractivity contribution in [1.29, 1.82) is 0 Å². The molecule has 2 aromatic rings. The Labute approximate surface area is 122 Å². The first-order chi connectivity index (χ1) is 9.63. The lowest BCUT2D eigenvalue weighted by molar-refractivity contribution is -0.384. The van der Waals surface area contributed by atoms with E-state index in [0.29, 0.717) is 5.69 Å². The molecule has 0 amide bonds. The summed E-state index contributed by atoms with van der Waals surface area (Å²) in [4.78, 5) is 12.1. The Hall–Kier alpha value is -1.88. The molecule has 1 aromatic heterocycles. The number of thiophene rings is 1. The summed E-state index contributed by atoms with van der Waals surface area (Å²) < 4.78 is 0. The van der Waals surface area contributed by atoms with Crippen LogP contribution in [0.1, 0.15) is 36.2 Å². The summed E-state index contributed by atoms with van der Waals surface area (Å²) in [7, 11) is 0. The van der Waals surface area contributed by atoms with Crippen molar-refractivity contribution in [2.24, 2.45) is 0 Å². The number of nitrogens with zero attached hydrogens (tertiary/aromatic N) is 1. The molecular weight excluding hydrogens is 272 g/mol. The summed E-state index contributed by atoms with van der Waals surface area (Å²) in [5, 5.41) is 16.6. The van der Waals surface area contributed by atoms with Gasteiger partial charge in [0.15, 0.2) is 0 Å². The largest absolute Gasteiger partial charge is 0.372 e. The zero-order valence-corrected chi connectivity index (χ0v) is 12.4. The molecule has 0 saturated heterocycles. The number of rotatable bonds is 6. The third kappa shape index (κ3) is 3.17. The van der Waals surface area contributed by atoms with Crippen LogP contribution in [-0.4, -0.2) is 4.92 Å². The molecule has 1 N–H and O–H groups in total. The van der Waals surface area contributed by atoms with Crippen molar-refractivity contribution in [3.63, 3.8) is 0 Å². The van der Waals surface area contributed by atoms with E-state index in [-0.39, 0.29) is 16.7 Å². The number of para-hydroxylation sites is 1. The maximum atomic E-state index is 11.2. The molecule has 0 aliphatic carbocycles. The van der Waals surface area contributed by atoms with Gasteiger partial charge in [-0.2, -0.15) is 0 Å². The average Bonchev–Trinajstić information content (AvgIpc) is 2.93. The average molecular weight is 290 g/mol. The van der Waals surface area contributed by atoms with Crippen LogP contribution in [0.5, 0.6) is 0 Å². The third-order valence-corrected chi connectivity index (χ3v) is 4.22. The monoisotopic (exact) mass is 290 g/mol. The molecule has 5 heteroatoms. The van der Waals surface area contributed by atoms with E-state index >= 15 is 0 Å². The Kier molecular flexibility index (Phi) is 4.74. The van der Waals surface area contributed by atoms with E-state index in [1.54, 1.807) is 23.5 Å². The van der Waals surface area contributed by atoms with Crippen LogP contribution < -0.4 is 5.32 Å². The van der Waals surface area contributed by atoms with E-state index < -0.39 is 0 Å². The van der Waals surface area contributed by atoms with Crippen LogP contribution in [0.25, 0.3) is 0 Å². The molecular formula is C15H18N2O2S. The van der Waals surface area contributed by atoms with Gasteiger partial charge < -0.3 is 5.32 Å². The number of aryl methyl sites for hydroxylation is 1. The topological polar surface area (TPSA) is 55.2 Å². The zero-order valence-electron chi connectivity index (χ0n) is 11.6. The second-order valence-electron chi connectivity index (χ2n) is 4.73. The molecule has 0 saturated carbocycles. The van der Waals surface area contributed by atoms with Gasteiger partial charge in [0.1, 0.15) is 5.69 Å². The minimum absolute atomic E-state index is 0.125. The fourth-order valence-electron chi connectivity index (χ4n) is 2.23. The summed E-state index contributed by atoms with van der Waals surface area (Å²) in [6, 6.07) is 9.37. The molecule has 20 heavy (non-hydrogen) atoms. The number of nitro benzene ring substituents is 1. The van der Waals surface area contributed by atoms with Crippen LogP contribution in [-0.2, 0) is 0 Å². The number of nitrogens with one attached hydrogen (secondary N) is 1. The van der Waals surface area contributed by atoms with Gasteiger partial charge in [-0.1, -0.05) is 31.5 Å². The molecule has 1 heterocycles. The smallest absolute Gasteiger partial charge is 0.292 e. The van der Waals surface area contributed by atoms with Crippen molar-refractivity contribution in [2.75, 3.05) is 5.32 Å². The van der Waals surface area contributed by atoms with Gasteiger partial charge >= 0.3 is 0 Å². The Morgan fingerprint density at radius 3 is 2.75 bits per heavy atom. The van der Waals surface area contributed by atoms with Gasteiger partial charge in [-0.05, 0) is 30.4 Å². The Morgan fingerprint density at radius 2 is 2.15 bits per heavy atom. The molecule has 1 atom stereocenters. The fourth-order valence-corrected chi connectivity index (χ4v) is 3.04. The molecule has 0 radical (unpaired) electrons. The Bertz CT molecular complexity index is 582. The molecule has 0 spiro atoms. The van der Waals surface area contributed by atoms with Crippen molar-refractivity contribution in [3.8, 4) is 0 Å². The first-order valence-electron chi connectivity index (χ1n) is 6.67. The normalized spacial score (nSPS) is 12.1. The summed E-state index contributed by atoms with van der Waals surface area (Å²) >= 11 is 1.68. The number of hydrogen-bond acceptors (Lipinski definition) is 4. The van der Waals surface area contributed by atoms with Crippen molar-refractivity contribution in [2.45, 2.75) is 32.7 Å². The summed E-state index contributed by atoms with van der Waals surface area (Å²) in [6.45, 7) is 4.02. The molecule has 0 aliphatic rings. The van der Waals surface area contributed by atoms with Gasteiger partial charge in [-0.3, -0.25) is 10.1 Å². The quantitative estimate of drug-likeness (QED) is 0.607. The van der Waals surface area contributed by atoms with E-state index in [2.05, 4.69) is 18.3 Å². The maximum Gasteiger partial charge on any atom is 0.292 e. The van der Waals surface area contributed by atoms with Gasteiger partial charge in [0.2, 0.25) is 0 Å². The van der Waals surface area contributed by atoms with Gasteiger partial charge in [0.05, 0.1) is 11.0 Å². The number of benzene rings is 1. The van der Waals surface area contributed by atoms with Crippen LogP contribution in [0.3, 0.4) is 0 Å². The number of nitro groups is 1. The highest BCUT2D eigenvalue weighted by molar-refractivity contribution is 7.10. The molecule has 106 valence electrons. The third-order valence-electron chi connectivity index (χ3n) is 3.23. The van der Waals surface area contributed by atoms with E-state index in [9.17, 15) is 10.1 Å². The van der Waals surface area contributed by atoms with Crippen LogP contribution in [0, 0.1) is 17.0 Å². The second kappa shape index (κ2) is 6.52. The molecule has 4 nitrogen and oxygen atoms in total.